The lowest BCUT2D eigenvalue weighted by Gasteiger charge is -2.22. The minimum Gasteiger partial charge on any atom is -0.404 e. The van der Waals surface area contributed by atoms with E-state index in [0.717, 1.165) is 37.8 Å². The van der Waals surface area contributed by atoms with E-state index >= 15 is 0 Å². The summed E-state index contributed by atoms with van der Waals surface area (Å²) in [5.41, 5.74) is 0.834. The average molecular weight is 283 g/mol. The third-order valence-corrected chi connectivity index (χ3v) is 2.75. The molecule has 0 radical (unpaired) electrons. The van der Waals surface area contributed by atoms with Crippen LogP contribution >= 0.6 is 12.4 Å². The van der Waals surface area contributed by atoms with Gasteiger partial charge in [0.1, 0.15) is 5.75 Å². The molecule has 1 N–H and O–H groups in total. The Morgan fingerprint density at radius 2 is 1.89 bits per heavy atom. The van der Waals surface area contributed by atoms with Crippen LogP contribution < -0.4 is 10.1 Å². The fourth-order valence-electron chi connectivity index (χ4n) is 1.94. The first kappa shape index (κ1) is 15.0. The zero-order valence-electron chi connectivity index (χ0n) is 9.54. The maximum absolute atomic E-state index is 11.9. The quantitative estimate of drug-likeness (QED) is 0.906. The molecule has 0 unspecified atom stereocenters. The second-order valence-electron chi connectivity index (χ2n) is 3.99. The van der Waals surface area contributed by atoms with Crippen molar-refractivity contribution in [3.05, 3.63) is 24.0 Å². The number of nitrogens with one attached hydrogen (secondary N) is 1. The van der Waals surface area contributed by atoms with Crippen molar-refractivity contribution in [2.45, 2.75) is 25.1 Å². The molecule has 18 heavy (non-hydrogen) atoms. The van der Waals surface area contributed by atoms with Gasteiger partial charge in [0, 0.05) is 11.6 Å². The highest BCUT2D eigenvalue weighted by Crippen LogP contribution is 2.26. The van der Waals surface area contributed by atoms with E-state index in [1.807, 2.05) is 0 Å². The lowest BCUT2D eigenvalue weighted by molar-refractivity contribution is -0.274. The standard InChI is InChI=1S/C11H13F3N2O.ClH/c12-11(13,14)17-9-1-2-10(16-7-9)8-3-5-15-6-4-8;/h1-2,7-8,15H,3-6H2;1H. The predicted octanol–water partition coefficient (Wildman–Crippen LogP) is 2.87. The van der Waals surface area contributed by atoms with Crippen molar-refractivity contribution in [1.82, 2.24) is 10.3 Å². The minimum atomic E-state index is -4.65. The van der Waals surface area contributed by atoms with Crippen molar-refractivity contribution < 1.29 is 17.9 Å². The molecule has 0 spiro atoms. The van der Waals surface area contributed by atoms with Crippen LogP contribution in [0.4, 0.5) is 13.2 Å². The van der Waals surface area contributed by atoms with Crippen LogP contribution in [0.5, 0.6) is 5.75 Å². The Hall–Kier alpha value is -1.01. The maximum Gasteiger partial charge on any atom is 0.573 e. The Balaban J connectivity index is 0.00000162. The number of hydrogen-bond acceptors (Lipinski definition) is 3. The predicted molar refractivity (Wildman–Crippen MR) is 63.0 cm³/mol. The summed E-state index contributed by atoms with van der Waals surface area (Å²) in [6.07, 6.45) is -1.60. The molecule has 1 aliphatic heterocycles. The second kappa shape index (κ2) is 6.24. The van der Waals surface area contributed by atoms with Gasteiger partial charge < -0.3 is 10.1 Å². The molecule has 0 aromatic carbocycles. The van der Waals surface area contributed by atoms with E-state index in [1.165, 1.54) is 6.07 Å². The molecule has 2 rings (SSSR count). The first-order chi connectivity index (χ1) is 8.04. The molecule has 0 amide bonds. The van der Waals surface area contributed by atoms with Crippen LogP contribution in [0.15, 0.2) is 18.3 Å². The third kappa shape index (κ3) is 4.34. The zero-order valence-corrected chi connectivity index (χ0v) is 10.4. The van der Waals surface area contributed by atoms with Crippen LogP contribution in [0.2, 0.25) is 0 Å². The molecule has 0 atom stereocenters. The number of pyridine rings is 1. The molecule has 1 aromatic rings. The highest BCUT2D eigenvalue weighted by molar-refractivity contribution is 5.85. The van der Waals surface area contributed by atoms with Crippen LogP contribution in [0, 0.1) is 0 Å². The normalized spacial score (nSPS) is 17.1. The van der Waals surface area contributed by atoms with Crippen molar-refractivity contribution in [3.8, 4) is 5.75 Å². The summed E-state index contributed by atoms with van der Waals surface area (Å²) in [6.45, 7) is 1.85. The van der Waals surface area contributed by atoms with Crippen molar-refractivity contribution >= 4 is 12.4 Å². The fraction of sp³-hybridized carbons (Fsp3) is 0.545. The Labute approximate surface area is 109 Å². The van der Waals surface area contributed by atoms with Gasteiger partial charge in [0.05, 0.1) is 6.20 Å². The van der Waals surface area contributed by atoms with Gasteiger partial charge >= 0.3 is 6.36 Å². The highest BCUT2D eigenvalue weighted by Gasteiger charge is 2.31. The van der Waals surface area contributed by atoms with Crippen LogP contribution in [0.1, 0.15) is 24.5 Å². The molecule has 1 aromatic heterocycles. The number of aromatic nitrogens is 1. The Bertz CT molecular complexity index is 364. The van der Waals surface area contributed by atoms with Gasteiger partial charge in [-0.15, -0.1) is 25.6 Å². The van der Waals surface area contributed by atoms with Crippen LogP contribution in [0.3, 0.4) is 0 Å². The van der Waals surface area contributed by atoms with Gasteiger partial charge in [0.15, 0.2) is 0 Å². The van der Waals surface area contributed by atoms with Crippen LogP contribution in [-0.4, -0.2) is 24.4 Å². The summed E-state index contributed by atoms with van der Waals surface area (Å²) in [7, 11) is 0. The first-order valence-electron chi connectivity index (χ1n) is 5.47. The number of piperidine rings is 1. The first-order valence-corrected chi connectivity index (χ1v) is 5.47. The number of alkyl halides is 3. The molecule has 1 aliphatic rings. The van der Waals surface area contributed by atoms with E-state index < -0.39 is 6.36 Å². The fourth-order valence-corrected chi connectivity index (χ4v) is 1.94. The van der Waals surface area contributed by atoms with Gasteiger partial charge in [-0.3, -0.25) is 4.98 Å². The summed E-state index contributed by atoms with van der Waals surface area (Å²) in [4.78, 5) is 4.03. The monoisotopic (exact) mass is 282 g/mol. The van der Waals surface area contributed by atoms with Crippen molar-refractivity contribution in [2.75, 3.05) is 13.1 Å². The number of rotatable bonds is 2. The van der Waals surface area contributed by atoms with Gasteiger partial charge in [0.2, 0.25) is 0 Å². The molecule has 3 nitrogen and oxygen atoms in total. The lowest BCUT2D eigenvalue weighted by atomic mass is 9.94. The molecule has 1 fully saturated rings. The maximum atomic E-state index is 11.9. The Morgan fingerprint density at radius 1 is 1.22 bits per heavy atom. The summed E-state index contributed by atoms with van der Waals surface area (Å²) < 4.78 is 39.6. The molecular formula is C11H14ClF3N2O. The largest absolute Gasteiger partial charge is 0.573 e. The van der Waals surface area contributed by atoms with Gasteiger partial charge in [-0.1, -0.05) is 0 Å². The Morgan fingerprint density at radius 3 is 2.39 bits per heavy atom. The highest BCUT2D eigenvalue weighted by atomic mass is 35.5. The number of halogens is 4. The van der Waals surface area contributed by atoms with Gasteiger partial charge in [-0.25, -0.2) is 0 Å². The number of hydrogen-bond donors (Lipinski definition) is 1. The molecule has 0 saturated carbocycles. The molecule has 0 aliphatic carbocycles. The van der Waals surface area contributed by atoms with Crippen LogP contribution in [0.25, 0.3) is 0 Å². The number of ether oxygens (including phenoxy) is 1. The van der Waals surface area contributed by atoms with E-state index in [1.54, 1.807) is 6.07 Å². The number of nitrogens with zero attached hydrogens (tertiary/aromatic N) is 1. The van der Waals surface area contributed by atoms with E-state index in [0.29, 0.717) is 5.92 Å². The zero-order chi connectivity index (χ0) is 12.3. The Kier molecular flexibility index (Phi) is 5.22. The summed E-state index contributed by atoms with van der Waals surface area (Å²) >= 11 is 0. The van der Waals surface area contributed by atoms with Crippen molar-refractivity contribution in [2.24, 2.45) is 0 Å². The van der Waals surface area contributed by atoms with Crippen molar-refractivity contribution in [3.63, 3.8) is 0 Å². The lowest BCUT2D eigenvalue weighted by Crippen LogP contribution is -2.27. The molecule has 2 heterocycles. The van der Waals surface area contributed by atoms with Crippen molar-refractivity contribution in [1.29, 1.82) is 0 Å². The smallest absolute Gasteiger partial charge is 0.404 e. The van der Waals surface area contributed by atoms with Gasteiger partial charge in [-0.2, -0.15) is 0 Å². The van der Waals surface area contributed by atoms with Crippen LogP contribution in [-0.2, 0) is 0 Å². The molecular weight excluding hydrogens is 269 g/mol. The average Bonchev–Trinajstić information content (AvgIpc) is 2.29. The van der Waals surface area contributed by atoms with E-state index in [4.69, 9.17) is 0 Å². The molecule has 0 bridgehead atoms. The minimum absolute atomic E-state index is 0. The van der Waals surface area contributed by atoms with Gasteiger partial charge in [0.25, 0.3) is 0 Å². The van der Waals surface area contributed by atoms with Gasteiger partial charge in [-0.05, 0) is 38.1 Å². The molecule has 1 saturated heterocycles. The third-order valence-electron chi connectivity index (χ3n) is 2.75. The van der Waals surface area contributed by atoms with E-state index in [2.05, 4.69) is 15.0 Å². The van der Waals surface area contributed by atoms with E-state index in [-0.39, 0.29) is 18.2 Å². The second-order valence-corrected chi connectivity index (χ2v) is 3.99. The molecule has 7 heteroatoms. The summed E-state index contributed by atoms with van der Waals surface area (Å²) in [5.74, 6) is 0.0615. The molecule has 102 valence electrons. The SMILES string of the molecule is Cl.FC(F)(F)Oc1ccc(C2CCNCC2)nc1. The summed E-state index contributed by atoms with van der Waals surface area (Å²) in [5, 5.41) is 3.23. The summed E-state index contributed by atoms with van der Waals surface area (Å²) in [6, 6.07) is 2.93. The topological polar surface area (TPSA) is 34.1 Å². The van der Waals surface area contributed by atoms with E-state index in [9.17, 15) is 13.2 Å².